The van der Waals surface area contributed by atoms with Crippen molar-refractivity contribution in [3.8, 4) is 5.75 Å². The lowest BCUT2D eigenvalue weighted by Crippen LogP contribution is -2.53. The molecule has 0 atom stereocenters. The summed E-state index contributed by atoms with van der Waals surface area (Å²) >= 11 is 1.62. The SMILES string of the molecule is COc1cccc2sc(N3CC(C(=O)N(C)OC)C3)nc12. The third-order valence-electron chi connectivity index (χ3n) is 3.68. The van der Waals surface area contributed by atoms with Gasteiger partial charge in [-0.25, -0.2) is 10.0 Å². The van der Waals surface area contributed by atoms with E-state index in [1.54, 1.807) is 25.5 Å². The molecule has 1 aromatic heterocycles. The Hall–Kier alpha value is -1.86. The molecular formula is C14H17N3O3S. The van der Waals surface area contributed by atoms with E-state index in [-0.39, 0.29) is 11.8 Å². The number of thiazole rings is 1. The second-order valence-corrected chi connectivity index (χ2v) is 5.93. The molecule has 1 aliphatic heterocycles. The average molecular weight is 307 g/mol. The first-order chi connectivity index (χ1) is 10.1. The second-order valence-electron chi connectivity index (χ2n) is 4.92. The van der Waals surface area contributed by atoms with Gasteiger partial charge in [0.15, 0.2) is 5.13 Å². The minimum atomic E-state index is -0.0242. The highest BCUT2D eigenvalue weighted by Gasteiger charge is 2.36. The highest BCUT2D eigenvalue weighted by molar-refractivity contribution is 7.22. The fourth-order valence-corrected chi connectivity index (χ4v) is 3.35. The van der Waals surface area contributed by atoms with Crippen molar-refractivity contribution in [3.63, 3.8) is 0 Å². The predicted molar refractivity (Wildman–Crippen MR) is 81.7 cm³/mol. The largest absolute Gasteiger partial charge is 0.494 e. The van der Waals surface area contributed by atoms with Crippen molar-refractivity contribution in [2.24, 2.45) is 5.92 Å². The maximum absolute atomic E-state index is 11.9. The number of methoxy groups -OCH3 is 1. The molecule has 1 fully saturated rings. The summed E-state index contributed by atoms with van der Waals surface area (Å²) in [7, 11) is 4.77. The molecule has 2 aromatic rings. The Morgan fingerprint density at radius 3 is 2.86 bits per heavy atom. The Balaban J connectivity index is 1.74. The van der Waals surface area contributed by atoms with E-state index in [2.05, 4.69) is 9.88 Å². The number of fused-ring (bicyclic) bond motifs is 1. The molecule has 0 spiro atoms. The molecule has 2 heterocycles. The first-order valence-electron chi connectivity index (χ1n) is 6.64. The molecule has 0 N–H and O–H groups in total. The van der Waals surface area contributed by atoms with Gasteiger partial charge in [0.05, 0.1) is 24.8 Å². The van der Waals surface area contributed by atoms with E-state index >= 15 is 0 Å². The monoisotopic (exact) mass is 307 g/mol. The molecule has 6 nitrogen and oxygen atoms in total. The zero-order chi connectivity index (χ0) is 15.0. The fourth-order valence-electron chi connectivity index (χ4n) is 2.35. The lowest BCUT2D eigenvalue weighted by molar-refractivity contribution is -0.174. The van der Waals surface area contributed by atoms with Crippen LogP contribution in [0.25, 0.3) is 10.2 Å². The van der Waals surface area contributed by atoms with Crippen molar-refractivity contribution in [2.75, 3.05) is 39.3 Å². The summed E-state index contributed by atoms with van der Waals surface area (Å²) < 4.78 is 6.42. The van der Waals surface area contributed by atoms with Crippen molar-refractivity contribution in [1.29, 1.82) is 0 Å². The molecular weight excluding hydrogens is 290 g/mol. The first kappa shape index (κ1) is 14.1. The summed E-state index contributed by atoms with van der Waals surface area (Å²) in [5, 5.41) is 2.21. The van der Waals surface area contributed by atoms with Gasteiger partial charge in [0.2, 0.25) is 0 Å². The van der Waals surface area contributed by atoms with Crippen LogP contribution < -0.4 is 9.64 Å². The van der Waals surface area contributed by atoms with Crippen LogP contribution in [-0.2, 0) is 9.63 Å². The van der Waals surface area contributed by atoms with Crippen molar-refractivity contribution in [1.82, 2.24) is 10.0 Å². The first-order valence-corrected chi connectivity index (χ1v) is 7.46. The van der Waals surface area contributed by atoms with Gasteiger partial charge in [-0.3, -0.25) is 9.63 Å². The summed E-state index contributed by atoms with van der Waals surface area (Å²) in [6, 6.07) is 5.89. The van der Waals surface area contributed by atoms with Gasteiger partial charge in [0, 0.05) is 20.1 Å². The van der Waals surface area contributed by atoms with Gasteiger partial charge in [-0.1, -0.05) is 17.4 Å². The maximum Gasteiger partial charge on any atom is 0.252 e. The highest BCUT2D eigenvalue weighted by atomic mass is 32.1. The van der Waals surface area contributed by atoms with Gasteiger partial charge in [-0.05, 0) is 12.1 Å². The van der Waals surface area contributed by atoms with Crippen molar-refractivity contribution in [2.45, 2.75) is 0 Å². The van der Waals surface area contributed by atoms with Gasteiger partial charge >= 0.3 is 0 Å². The van der Waals surface area contributed by atoms with Gasteiger partial charge in [-0.15, -0.1) is 0 Å². The summed E-state index contributed by atoms with van der Waals surface area (Å²) in [6.07, 6.45) is 0. The third kappa shape index (κ3) is 2.43. The number of carbonyl (C=O) groups is 1. The van der Waals surface area contributed by atoms with Crippen LogP contribution in [0.3, 0.4) is 0 Å². The van der Waals surface area contributed by atoms with E-state index < -0.39 is 0 Å². The maximum atomic E-state index is 11.9. The van der Waals surface area contributed by atoms with Gasteiger partial charge in [0.1, 0.15) is 11.3 Å². The van der Waals surface area contributed by atoms with Crippen LogP contribution in [0, 0.1) is 5.92 Å². The molecule has 0 saturated carbocycles. The number of amides is 1. The van der Waals surface area contributed by atoms with E-state index in [9.17, 15) is 4.79 Å². The number of hydrogen-bond donors (Lipinski definition) is 0. The topological polar surface area (TPSA) is 54.9 Å². The zero-order valence-electron chi connectivity index (χ0n) is 12.2. The lowest BCUT2D eigenvalue weighted by atomic mass is 10.0. The number of anilines is 1. The van der Waals surface area contributed by atoms with Crippen LogP contribution in [0.2, 0.25) is 0 Å². The predicted octanol–water partition coefficient (Wildman–Crippen LogP) is 1.76. The van der Waals surface area contributed by atoms with E-state index in [1.165, 1.54) is 12.2 Å². The smallest absolute Gasteiger partial charge is 0.252 e. The summed E-state index contributed by atoms with van der Waals surface area (Å²) in [5.74, 6) is 0.763. The molecule has 7 heteroatoms. The van der Waals surface area contributed by atoms with Crippen molar-refractivity contribution >= 4 is 32.6 Å². The number of nitrogens with zero attached hydrogens (tertiary/aromatic N) is 3. The van der Waals surface area contributed by atoms with E-state index in [4.69, 9.17) is 9.57 Å². The van der Waals surface area contributed by atoms with Gasteiger partial charge < -0.3 is 9.64 Å². The van der Waals surface area contributed by atoms with E-state index in [0.29, 0.717) is 13.1 Å². The Morgan fingerprint density at radius 1 is 1.43 bits per heavy atom. The summed E-state index contributed by atoms with van der Waals surface area (Å²) in [5.41, 5.74) is 0.879. The van der Waals surface area contributed by atoms with Gasteiger partial charge in [0.25, 0.3) is 5.91 Å². The number of rotatable bonds is 4. The molecule has 1 aliphatic rings. The Bertz CT molecular complexity index is 667. The number of hydroxylamine groups is 2. The number of carbonyl (C=O) groups excluding carboxylic acids is 1. The normalized spacial score (nSPS) is 15.1. The van der Waals surface area contributed by atoms with Crippen LogP contribution in [0.1, 0.15) is 0 Å². The van der Waals surface area contributed by atoms with Crippen LogP contribution in [0.15, 0.2) is 18.2 Å². The molecule has 3 rings (SSSR count). The second kappa shape index (κ2) is 5.50. The average Bonchev–Trinajstić information content (AvgIpc) is 2.87. The Labute approximate surface area is 126 Å². The van der Waals surface area contributed by atoms with Crippen LogP contribution >= 0.6 is 11.3 Å². The minimum Gasteiger partial charge on any atom is -0.494 e. The molecule has 1 aromatic carbocycles. The molecule has 0 bridgehead atoms. The number of benzene rings is 1. The van der Waals surface area contributed by atoms with Crippen molar-refractivity contribution < 1.29 is 14.4 Å². The summed E-state index contributed by atoms with van der Waals surface area (Å²) in [4.78, 5) is 23.6. The molecule has 0 aliphatic carbocycles. The number of ether oxygens (including phenoxy) is 1. The number of para-hydroxylation sites is 1. The Morgan fingerprint density at radius 2 is 2.19 bits per heavy atom. The summed E-state index contributed by atoms with van der Waals surface area (Å²) in [6.45, 7) is 1.35. The standard InChI is InChI=1S/C14H17N3O3S/c1-16(20-3)13(18)9-7-17(8-9)14-15-12-10(19-2)5-4-6-11(12)21-14/h4-6,9H,7-8H2,1-3H3. The number of aromatic nitrogens is 1. The van der Waals surface area contributed by atoms with Crippen LogP contribution in [0.5, 0.6) is 5.75 Å². The molecule has 1 amide bonds. The third-order valence-corrected chi connectivity index (χ3v) is 4.76. The molecule has 1 saturated heterocycles. The minimum absolute atomic E-state index is 0.00689. The molecule has 21 heavy (non-hydrogen) atoms. The van der Waals surface area contributed by atoms with Crippen molar-refractivity contribution in [3.05, 3.63) is 18.2 Å². The van der Waals surface area contributed by atoms with E-state index in [1.807, 2.05) is 18.2 Å². The number of hydrogen-bond acceptors (Lipinski definition) is 6. The van der Waals surface area contributed by atoms with Crippen LogP contribution in [-0.4, -0.2) is 50.3 Å². The van der Waals surface area contributed by atoms with E-state index in [0.717, 1.165) is 21.1 Å². The lowest BCUT2D eigenvalue weighted by Gasteiger charge is -2.39. The molecule has 112 valence electrons. The molecule has 0 unspecified atom stereocenters. The molecule has 0 radical (unpaired) electrons. The highest BCUT2D eigenvalue weighted by Crippen LogP contribution is 2.36. The quantitative estimate of drug-likeness (QED) is 0.806. The Kier molecular flexibility index (Phi) is 3.69. The van der Waals surface area contributed by atoms with Gasteiger partial charge in [-0.2, -0.15) is 0 Å². The fraction of sp³-hybridized carbons (Fsp3) is 0.429. The zero-order valence-corrected chi connectivity index (χ0v) is 13.0. The van der Waals surface area contributed by atoms with Crippen LogP contribution in [0.4, 0.5) is 5.13 Å².